The summed E-state index contributed by atoms with van der Waals surface area (Å²) < 4.78 is 0.963. The van der Waals surface area contributed by atoms with Crippen molar-refractivity contribution in [2.75, 3.05) is 0 Å². The highest BCUT2D eigenvalue weighted by Crippen LogP contribution is 2.38. The van der Waals surface area contributed by atoms with E-state index in [-0.39, 0.29) is 0 Å². The molecule has 0 saturated heterocycles. The fourth-order valence-electron chi connectivity index (χ4n) is 3.22. The normalized spacial score (nSPS) is 21.7. The standard InChI is InChI=1S/C18H18BrClO/c19-15-9-8-14(17(20)11-15)12-18(21)10-4-3-6-13-5-1-2-7-16(13)18/h1-2,5,7-9,11,21H,3-4,6,10,12H2. The van der Waals surface area contributed by atoms with Crippen molar-refractivity contribution in [3.63, 3.8) is 0 Å². The summed E-state index contributed by atoms with van der Waals surface area (Å²) >= 11 is 9.76. The monoisotopic (exact) mass is 364 g/mol. The van der Waals surface area contributed by atoms with E-state index in [0.717, 1.165) is 41.3 Å². The van der Waals surface area contributed by atoms with Crippen molar-refractivity contribution in [3.05, 3.63) is 68.7 Å². The second-order valence-corrected chi connectivity index (χ2v) is 7.13. The SMILES string of the molecule is OC1(Cc2ccc(Br)cc2Cl)CCCCc2ccccc21. The van der Waals surface area contributed by atoms with Gasteiger partial charge in [0.05, 0.1) is 5.60 Å². The van der Waals surface area contributed by atoms with Gasteiger partial charge >= 0.3 is 0 Å². The fraction of sp³-hybridized carbons (Fsp3) is 0.333. The van der Waals surface area contributed by atoms with Crippen LogP contribution in [0.3, 0.4) is 0 Å². The summed E-state index contributed by atoms with van der Waals surface area (Å²) in [5, 5.41) is 12.0. The van der Waals surface area contributed by atoms with Gasteiger partial charge in [-0.15, -0.1) is 0 Å². The molecule has 0 amide bonds. The highest BCUT2D eigenvalue weighted by atomic mass is 79.9. The Morgan fingerprint density at radius 1 is 1.14 bits per heavy atom. The van der Waals surface area contributed by atoms with E-state index in [2.05, 4.69) is 34.1 Å². The Bertz CT molecular complexity index is 655. The highest BCUT2D eigenvalue weighted by molar-refractivity contribution is 9.10. The van der Waals surface area contributed by atoms with Gasteiger partial charge in [-0.05, 0) is 54.5 Å². The van der Waals surface area contributed by atoms with Gasteiger partial charge in [0.25, 0.3) is 0 Å². The van der Waals surface area contributed by atoms with Gasteiger partial charge in [0.15, 0.2) is 0 Å². The van der Waals surface area contributed by atoms with Crippen LogP contribution < -0.4 is 0 Å². The molecule has 0 bridgehead atoms. The minimum Gasteiger partial charge on any atom is -0.385 e. The predicted molar refractivity (Wildman–Crippen MR) is 90.7 cm³/mol. The van der Waals surface area contributed by atoms with Crippen molar-refractivity contribution in [3.8, 4) is 0 Å². The summed E-state index contributed by atoms with van der Waals surface area (Å²) in [5.41, 5.74) is 2.52. The van der Waals surface area contributed by atoms with E-state index < -0.39 is 5.60 Å². The lowest BCUT2D eigenvalue weighted by atomic mass is 9.83. The predicted octanol–water partition coefficient (Wildman–Crippen LogP) is 5.26. The average molecular weight is 366 g/mol. The number of halogens is 2. The summed E-state index contributed by atoms with van der Waals surface area (Å²) in [5.74, 6) is 0. The van der Waals surface area contributed by atoms with Crippen LogP contribution in [0.5, 0.6) is 0 Å². The van der Waals surface area contributed by atoms with Crippen LogP contribution in [-0.2, 0) is 18.4 Å². The Morgan fingerprint density at radius 3 is 2.76 bits per heavy atom. The lowest BCUT2D eigenvalue weighted by Crippen LogP contribution is -2.29. The third-order valence-corrected chi connectivity index (χ3v) is 5.15. The van der Waals surface area contributed by atoms with Crippen LogP contribution in [0.2, 0.25) is 5.02 Å². The highest BCUT2D eigenvalue weighted by Gasteiger charge is 2.33. The molecule has 0 spiro atoms. The molecule has 3 heteroatoms. The largest absolute Gasteiger partial charge is 0.385 e. The average Bonchev–Trinajstić information content (AvgIpc) is 2.63. The minimum absolute atomic E-state index is 0.566. The molecule has 0 heterocycles. The number of benzene rings is 2. The zero-order valence-electron chi connectivity index (χ0n) is 11.8. The first-order chi connectivity index (χ1) is 10.1. The van der Waals surface area contributed by atoms with Crippen LogP contribution in [0, 0.1) is 0 Å². The number of aliphatic hydroxyl groups is 1. The van der Waals surface area contributed by atoms with E-state index in [1.165, 1.54) is 5.56 Å². The van der Waals surface area contributed by atoms with E-state index in [4.69, 9.17) is 11.6 Å². The first kappa shape index (κ1) is 15.1. The van der Waals surface area contributed by atoms with E-state index in [1.54, 1.807) is 0 Å². The quantitative estimate of drug-likeness (QED) is 0.720. The van der Waals surface area contributed by atoms with Crippen molar-refractivity contribution in [1.82, 2.24) is 0 Å². The third-order valence-electron chi connectivity index (χ3n) is 4.30. The summed E-state index contributed by atoms with van der Waals surface area (Å²) in [6.07, 6.45) is 4.58. The third kappa shape index (κ3) is 3.18. The van der Waals surface area contributed by atoms with E-state index in [9.17, 15) is 5.11 Å². The molecule has 0 aromatic heterocycles. The molecule has 3 rings (SSSR count). The molecule has 1 aliphatic carbocycles. The van der Waals surface area contributed by atoms with Crippen molar-refractivity contribution < 1.29 is 5.11 Å². The molecular weight excluding hydrogens is 348 g/mol. The Morgan fingerprint density at radius 2 is 1.95 bits per heavy atom. The van der Waals surface area contributed by atoms with Crippen LogP contribution >= 0.6 is 27.5 Å². The summed E-state index contributed by atoms with van der Waals surface area (Å²) in [4.78, 5) is 0. The van der Waals surface area contributed by atoms with Crippen LogP contribution in [0.1, 0.15) is 36.0 Å². The van der Waals surface area contributed by atoms with Crippen molar-refractivity contribution in [2.24, 2.45) is 0 Å². The van der Waals surface area contributed by atoms with Gasteiger partial charge in [-0.1, -0.05) is 57.9 Å². The van der Waals surface area contributed by atoms with Gasteiger partial charge in [0.1, 0.15) is 0 Å². The molecule has 110 valence electrons. The molecule has 1 N–H and O–H groups in total. The van der Waals surface area contributed by atoms with Gasteiger partial charge in [-0.25, -0.2) is 0 Å². The van der Waals surface area contributed by atoms with Crippen LogP contribution in [0.15, 0.2) is 46.9 Å². The molecule has 0 saturated carbocycles. The van der Waals surface area contributed by atoms with Gasteiger partial charge in [0, 0.05) is 15.9 Å². The summed E-state index contributed by atoms with van der Waals surface area (Å²) in [7, 11) is 0. The number of aryl methyl sites for hydroxylation is 1. The Labute approximate surface area is 139 Å². The van der Waals surface area contributed by atoms with E-state index >= 15 is 0 Å². The zero-order valence-corrected chi connectivity index (χ0v) is 14.1. The first-order valence-electron chi connectivity index (χ1n) is 7.33. The molecule has 21 heavy (non-hydrogen) atoms. The first-order valence-corrected chi connectivity index (χ1v) is 8.50. The maximum atomic E-state index is 11.3. The molecular formula is C18H18BrClO. The van der Waals surface area contributed by atoms with Crippen molar-refractivity contribution in [1.29, 1.82) is 0 Å². The molecule has 0 radical (unpaired) electrons. The van der Waals surface area contributed by atoms with Crippen LogP contribution in [-0.4, -0.2) is 5.11 Å². The number of hydrogen-bond acceptors (Lipinski definition) is 1. The second kappa shape index (κ2) is 6.12. The Kier molecular flexibility index (Phi) is 4.39. The minimum atomic E-state index is -0.815. The Balaban J connectivity index is 2.00. The molecule has 1 aliphatic rings. The molecule has 1 unspecified atom stereocenters. The Hall–Kier alpha value is -0.830. The summed E-state index contributed by atoms with van der Waals surface area (Å²) in [6.45, 7) is 0. The molecule has 1 atom stereocenters. The zero-order chi connectivity index (χ0) is 14.9. The van der Waals surface area contributed by atoms with Gasteiger partial charge < -0.3 is 5.11 Å². The summed E-state index contributed by atoms with van der Waals surface area (Å²) in [6, 6.07) is 14.1. The number of fused-ring (bicyclic) bond motifs is 1. The number of rotatable bonds is 2. The molecule has 0 fully saturated rings. The maximum Gasteiger partial charge on any atom is 0.0939 e. The topological polar surface area (TPSA) is 20.2 Å². The van der Waals surface area contributed by atoms with E-state index in [1.807, 2.05) is 24.3 Å². The number of hydrogen-bond donors (Lipinski definition) is 1. The lowest BCUT2D eigenvalue weighted by molar-refractivity contribution is 0.0272. The molecule has 1 nitrogen and oxygen atoms in total. The van der Waals surface area contributed by atoms with E-state index in [0.29, 0.717) is 11.4 Å². The molecule has 2 aromatic carbocycles. The molecule has 0 aliphatic heterocycles. The smallest absolute Gasteiger partial charge is 0.0939 e. The second-order valence-electron chi connectivity index (χ2n) is 5.81. The van der Waals surface area contributed by atoms with Gasteiger partial charge in [-0.2, -0.15) is 0 Å². The van der Waals surface area contributed by atoms with Crippen LogP contribution in [0.4, 0.5) is 0 Å². The molecule has 2 aromatic rings. The fourth-order valence-corrected chi connectivity index (χ4v) is 3.96. The van der Waals surface area contributed by atoms with Crippen molar-refractivity contribution in [2.45, 2.75) is 37.7 Å². The van der Waals surface area contributed by atoms with Gasteiger partial charge in [0.2, 0.25) is 0 Å². The van der Waals surface area contributed by atoms with Crippen LogP contribution in [0.25, 0.3) is 0 Å². The lowest BCUT2D eigenvalue weighted by Gasteiger charge is -2.29. The maximum absolute atomic E-state index is 11.3. The van der Waals surface area contributed by atoms with Crippen molar-refractivity contribution >= 4 is 27.5 Å². The van der Waals surface area contributed by atoms with Gasteiger partial charge in [-0.3, -0.25) is 0 Å².